The summed E-state index contributed by atoms with van der Waals surface area (Å²) in [7, 11) is 1.85. The number of hydrogen-bond donors (Lipinski definition) is 1. The molecular formula is C23H24N3O4+. The lowest BCUT2D eigenvalue weighted by Crippen LogP contribution is -2.32. The van der Waals surface area contributed by atoms with Gasteiger partial charge < -0.3 is 4.84 Å². The van der Waals surface area contributed by atoms with Crippen molar-refractivity contribution in [2.75, 3.05) is 7.05 Å². The molecule has 0 atom stereocenters. The summed E-state index contributed by atoms with van der Waals surface area (Å²) in [5.74, 6) is -0.749. The van der Waals surface area contributed by atoms with Crippen LogP contribution in [0.25, 0.3) is 10.8 Å². The van der Waals surface area contributed by atoms with Gasteiger partial charge in [-0.25, -0.2) is 9.37 Å². The molecule has 0 spiro atoms. The standard InChI is InChI=1S/C21H17N3O4.C2H6/c1-3-24(2)13-22-12-14-8-10-15(11-9-14)21(27)28-23-18-19(25)16-6-4-5-7-17(16)20(18)26;1-2/h3-11,13H,1,12H2,2H3;1-2H3/p+1. The highest BCUT2D eigenvalue weighted by atomic mass is 16.7. The first-order chi connectivity index (χ1) is 14.5. The predicted octanol–water partition coefficient (Wildman–Crippen LogP) is 2.04. The summed E-state index contributed by atoms with van der Waals surface area (Å²) >= 11 is 0. The zero-order valence-corrected chi connectivity index (χ0v) is 17.2. The largest absolute Gasteiger partial charge is 0.365 e. The van der Waals surface area contributed by atoms with Crippen LogP contribution in [0.4, 0.5) is 0 Å². The van der Waals surface area contributed by atoms with Crippen LogP contribution in [-0.4, -0.2) is 23.9 Å². The second-order valence-electron chi connectivity index (χ2n) is 6.08. The molecule has 3 aromatic carbocycles. The maximum Gasteiger partial charge on any atom is 0.365 e. The first-order valence-electron chi connectivity index (χ1n) is 9.49. The van der Waals surface area contributed by atoms with Gasteiger partial charge in [0, 0.05) is 10.8 Å². The van der Waals surface area contributed by atoms with Crippen LogP contribution in [0.2, 0.25) is 0 Å². The molecule has 0 saturated carbocycles. The van der Waals surface area contributed by atoms with Gasteiger partial charge in [-0.05, 0) is 17.7 Å². The van der Waals surface area contributed by atoms with E-state index in [0.29, 0.717) is 6.54 Å². The fraction of sp³-hybridized carbons (Fsp3) is 0.174. The number of benzene rings is 2. The van der Waals surface area contributed by atoms with Crippen molar-refractivity contribution in [3.63, 3.8) is 0 Å². The van der Waals surface area contributed by atoms with Crippen molar-refractivity contribution >= 4 is 23.1 Å². The summed E-state index contributed by atoms with van der Waals surface area (Å²) in [6, 6.07) is 13.1. The van der Waals surface area contributed by atoms with Crippen molar-refractivity contribution in [3.05, 3.63) is 98.2 Å². The highest BCUT2D eigenvalue weighted by Gasteiger charge is 2.12. The molecule has 0 radical (unpaired) electrons. The molecule has 0 fully saturated rings. The third-order valence-electron chi connectivity index (χ3n) is 4.15. The van der Waals surface area contributed by atoms with Crippen LogP contribution >= 0.6 is 0 Å². The zero-order chi connectivity index (χ0) is 22.1. The lowest BCUT2D eigenvalue weighted by Gasteiger charge is -2.00. The zero-order valence-electron chi connectivity index (χ0n) is 17.2. The number of rotatable bonds is 6. The molecule has 7 heteroatoms. The van der Waals surface area contributed by atoms with Crippen LogP contribution < -0.4 is 21.5 Å². The molecule has 0 bridgehead atoms. The SMILES string of the molecule is C=C[N+](C)=CNCc1ccc(C(=O)ON=c2c(=O)c3ccccc3c2=O)cc1.CC. The summed E-state index contributed by atoms with van der Waals surface area (Å²) in [6.45, 7) is 8.20. The Morgan fingerprint density at radius 3 is 2.17 bits per heavy atom. The van der Waals surface area contributed by atoms with E-state index in [9.17, 15) is 14.4 Å². The first-order valence-corrected chi connectivity index (χ1v) is 9.49. The molecule has 154 valence electrons. The van der Waals surface area contributed by atoms with Crippen molar-refractivity contribution in [1.82, 2.24) is 5.32 Å². The molecule has 0 amide bonds. The molecule has 0 saturated heterocycles. The second-order valence-corrected chi connectivity index (χ2v) is 6.08. The lowest BCUT2D eigenvalue weighted by atomic mass is 10.1. The monoisotopic (exact) mass is 406 g/mol. The maximum atomic E-state index is 12.2. The van der Waals surface area contributed by atoms with Crippen molar-refractivity contribution in [2.45, 2.75) is 20.4 Å². The Kier molecular flexibility index (Phi) is 7.93. The molecule has 0 aliphatic rings. The fourth-order valence-electron chi connectivity index (χ4n) is 2.58. The Morgan fingerprint density at radius 1 is 1.07 bits per heavy atom. The Bertz CT molecular complexity index is 1170. The number of nitrogens with zero attached hydrogens (tertiary/aromatic N) is 2. The molecule has 0 heterocycles. The van der Waals surface area contributed by atoms with E-state index in [4.69, 9.17) is 4.84 Å². The highest BCUT2D eigenvalue weighted by Crippen LogP contribution is 2.06. The van der Waals surface area contributed by atoms with Gasteiger partial charge in [0.05, 0.1) is 18.8 Å². The van der Waals surface area contributed by atoms with E-state index in [1.807, 2.05) is 20.9 Å². The number of carbonyl (C=O) groups excluding carboxylic acids is 1. The van der Waals surface area contributed by atoms with E-state index >= 15 is 0 Å². The molecule has 1 N–H and O–H groups in total. The van der Waals surface area contributed by atoms with Crippen molar-refractivity contribution in [3.8, 4) is 0 Å². The molecule has 3 rings (SSSR count). The summed E-state index contributed by atoms with van der Waals surface area (Å²) in [5, 5.41) is 6.74. The minimum absolute atomic E-state index is 0.260. The summed E-state index contributed by atoms with van der Waals surface area (Å²) in [4.78, 5) is 41.4. The van der Waals surface area contributed by atoms with Crippen LogP contribution in [-0.2, 0) is 11.4 Å². The van der Waals surface area contributed by atoms with Gasteiger partial charge in [0.15, 0.2) is 5.36 Å². The Balaban J connectivity index is 0.00000155. The van der Waals surface area contributed by atoms with Gasteiger partial charge in [-0.1, -0.05) is 62.0 Å². The smallest absolute Gasteiger partial charge is 0.312 e. The number of nitrogens with one attached hydrogen (secondary N) is 1. The Hall–Kier alpha value is -3.87. The third kappa shape index (κ3) is 5.14. The van der Waals surface area contributed by atoms with Gasteiger partial charge in [-0.3, -0.25) is 14.9 Å². The molecule has 7 nitrogen and oxygen atoms in total. The van der Waals surface area contributed by atoms with E-state index < -0.39 is 22.2 Å². The summed E-state index contributed by atoms with van der Waals surface area (Å²) in [5.41, 5.74) is 0.120. The van der Waals surface area contributed by atoms with Crippen LogP contribution in [0.1, 0.15) is 29.8 Å². The topological polar surface area (TPSA) is 87.8 Å². The minimum atomic E-state index is -0.749. The number of hydrogen-bond acceptors (Lipinski definition) is 5. The summed E-state index contributed by atoms with van der Waals surface area (Å²) in [6.07, 6.45) is 3.42. The van der Waals surface area contributed by atoms with Crippen LogP contribution in [0.3, 0.4) is 0 Å². The van der Waals surface area contributed by atoms with Crippen molar-refractivity contribution in [2.24, 2.45) is 5.16 Å². The maximum absolute atomic E-state index is 12.2. The van der Waals surface area contributed by atoms with Crippen LogP contribution in [0, 0.1) is 0 Å². The van der Waals surface area contributed by atoms with Crippen molar-refractivity contribution < 1.29 is 14.2 Å². The van der Waals surface area contributed by atoms with Gasteiger partial charge in [-0.15, -0.1) is 0 Å². The fourth-order valence-corrected chi connectivity index (χ4v) is 2.58. The average Bonchev–Trinajstić information content (AvgIpc) is 3.03. The first kappa shape index (κ1) is 22.4. The minimum Gasteiger partial charge on any atom is -0.312 e. The van der Waals surface area contributed by atoms with Gasteiger partial charge in [0.1, 0.15) is 6.54 Å². The average molecular weight is 406 g/mol. The number of fused-ring (bicyclic) bond motifs is 1. The van der Waals surface area contributed by atoms with Crippen LogP contribution in [0.5, 0.6) is 0 Å². The molecule has 0 aliphatic carbocycles. The van der Waals surface area contributed by atoms with E-state index in [-0.39, 0.29) is 16.3 Å². The molecule has 0 aliphatic heterocycles. The van der Waals surface area contributed by atoms with Gasteiger partial charge in [-0.2, -0.15) is 0 Å². The van der Waals surface area contributed by atoms with Crippen LogP contribution in [0.15, 0.2) is 76.1 Å². The Morgan fingerprint density at radius 2 is 1.63 bits per heavy atom. The lowest BCUT2D eigenvalue weighted by molar-refractivity contribution is -0.418. The van der Waals surface area contributed by atoms with Gasteiger partial charge in [0.2, 0.25) is 17.2 Å². The van der Waals surface area contributed by atoms with Gasteiger partial charge in [0.25, 0.3) is 0 Å². The molecule has 0 unspecified atom stereocenters. The van der Waals surface area contributed by atoms with Gasteiger partial charge >= 0.3 is 5.97 Å². The predicted molar refractivity (Wildman–Crippen MR) is 117 cm³/mol. The van der Waals surface area contributed by atoms with E-state index in [2.05, 4.69) is 17.1 Å². The quantitative estimate of drug-likeness (QED) is 0.223. The van der Waals surface area contributed by atoms with E-state index in [1.54, 1.807) is 53.5 Å². The van der Waals surface area contributed by atoms with E-state index in [0.717, 1.165) is 5.56 Å². The number of carbonyl (C=O) groups is 1. The summed E-state index contributed by atoms with van der Waals surface area (Å²) < 4.78 is 1.77. The molecule has 30 heavy (non-hydrogen) atoms. The molecule has 0 aromatic heterocycles. The highest BCUT2D eigenvalue weighted by molar-refractivity contribution is 5.89. The molecular weight excluding hydrogens is 382 g/mol. The molecule has 3 aromatic rings. The second kappa shape index (κ2) is 10.6. The Labute approximate surface area is 173 Å². The van der Waals surface area contributed by atoms with Crippen molar-refractivity contribution in [1.29, 1.82) is 0 Å². The van der Waals surface area contributed by atoms with E-state index in [1.165, 1.54) is 12.1 Å². The normalized spacial score (nSPS) is 10.7. The third-order valence-corrected chi connectivity index (χ3v) is 4.15.